The van der Waals surface area contributed by atoms with Crippen LogP contribution in [0.5, 0.6) is 28.7 Å². The van der Waals surface area contributed by atoms with Gasteiger partial charge in [0.25, 0.3) is 0 Å². The Morgan fingerprint density at radius 2 is 1.91 bits per heavy atom. The van der Waals surface area contributed by atoms with E-state index >= 15 is 0 Å². The van der Waals surface area contributed by atoms with Crippen molar-refractivity contribution in [3.8, 4) is 28.7 Å². The van der Waals surface area contributed by atoms with Gasteiger partial charge in [0, 0.05) is 29.7 Å². The lowest BCUT2D eigenvalue weighted by Crippen LogP contribution is -2.25. The normalized spacial score (nSPS) is 16.8. The number of aromatic hydroxyl groups is 3. The maximum absolute atomic E-state index is 12.3. The smallest absolute Gasteiger partial charge is 0.182 e. The van der Waals surface area contributed by atoms with Gasteiger partial charge in [0.15, 0.2) is 23.4 Å². The summed E-state index contributed by atoms with van der Waals surface area (Å²) >= 11 is 0. The SMILES string of the molecule is COc1cc(C2Oc3cc(O)cc(O)c3CC2=O)ccc1O. The Morgan fingerprint density at radius 1 is 1.14 bits per heavy atom. The molecule has 1 unspecified atom stereocenters. The van der Waals surface area contributed by atoms with Crippen LogP contribution in [0.25, 0.3) is 0 Å². The highest BCUT2D eigenvalue weighted by atomic mass is 16.5. The fraction of sp³-hybridized carbons (Fsp3) is 0.188. The lowest BCUT2D eigenvalue weighted by molar-refractivity contribution is -0.126. The van der Waals surface area contributed by atoms with Gasteiger partial charge in [-0.05, 0) is 12.1 Å². The van der Waals surface area contributed by atoms with E-state index < -0.39 is 6.10 Å². The highest BCUT2D eigenvalue weighted by Gasteiger charge is 2.32. The molecule has 1 aliphatic heterocycles. The summed E-state index contributed by atoms with van der Waals surface area (Å²) in [7, 11) is 1.41. The van der Waals surface area contributed by atoms with Crippen molar-refractivity contribution in [2.24, 2.45) is 0 Å². The summed E-state index contributed by atoms with van der Waals surface area (Å²) < 4.78 is 10.6. The first-order valence-corrected chi connectivity index (χ1v) is 6.60. The average Bonchev–Trinajstić information content (AvgIpc) is 2.48. The molecule has 22 heavy (non-hydrogen) atoms. The molecule has 0 spiro atoms. The van der Waals surface area contributed by atoms with Crippen LogP contribution in [0.15, 0.2) is 30.3 Å². The number of ether oxygens (including phenoxy) is 2. The quantitative estimate of drug-likeness (QED) is 0.786. The molecule has 1 atom stereocenters. The van der Waals surface area contributed by atoms with E-state index in [0.717, 1.165) is 0 Å². The summed E-state index contributed by atoms with van der Waals surface area (Å²) in [5, 5.41) is 28.9. The van der Waals surface area contributed by atoms with Crippen molar-refractivity contribution in [2.45, 2.75) is 12.5 Å². The number of ketones is 1. The number of methoxy groups -OCH3 is 1. The first kappa shape index (κ1) is 14.1. The van der Waals surface area contributed by atoms with Crippen LogP contribution in [0, 0.1) is 0 Å². The molecule has 0 saturated heterocycles. The molecular weight excluding hydrogens is 288 g/mol. The van der Waals surface area contributed by atoms with Gasteiger partial charge in [0.1, 0.15) is 17.2 Å². The van der Waals surface area contributed by atoms with Gasteiger partial charge in [-0.15, -0.1) is 0 Å². The van der Waals surface area contributed by atoms with E-state index in [-0.39, 0.29) is 41.0 Å². The minimum atomic E-state index is -0.886. The Bertz CT molecular complexity index is 753. The molecule has 1 aliphatic rings. The minimum absolute atomic E-state index is 0.00466. The van der Waals surface area contributed by atoms with Gasteiger partial charge < -0.3 is 24.8 Å². The minimum Gasteiger partial charge on any atom is -0.508 e. The van der Waals surface area contributed by atoms with Gasteiger partial charge in [-0.25, -0.2) is 0 Å². The molecule has 2 aromatic carbocycles. The van der Waals surface area contributed by atoms with Gasteiger partial charge >= 0.3 is 0 Å². The van der Waals surface area contributed by atoms with Crippen molar-refractivity contribution >= 4 is 5.78 Å². The Morgan fingerprint density at radius 3 is 2.64 bits per heavy atom. The fourth-order valence-corrected chi connectivity index (χ4v) is 2.47. The number of carbonyl (C=O) groups excluding carboxylic acids is 1. The molecule has 0 fully saturated rings. The van der Waals surface area contributed by atoms with Gasteiger partial charge in [-0.1, -0.05) is 6.07 Å². The number of hydrogen-bond acceptors (Lipinski definition) is 6. The predicted molar refractivity (Wildman–Crippen MR) is 76.5 cm³/mol. The van der Waals surface area contributed by atoms with Crippen LogP contribution in [-0.4, -0.2) is 28.2 Å². The highest BCUT2D eigenvalue weighted by molar-refractivity contribution is 5.89. The fourth-order valence-electron chi connectivity index (χ4n) is 2.47. The summed E-state index contributed by atoms with van der Waals surface area (Å²) in [4.78, 5) is 12.3. The van der Waals surface area contributed by atoms with Crippen molar-refractivity contribution in [1.82, 2.24) is 0 Å². The first-order valence-electron chi connectivity index (χ1n) is 6.60. The molecule has 114 valence electrons. The van der Waals surface area contributed by atoms with Crippen LogP contribution in [-0.2, 0) is 11.2 Å². The monoisotopic (exact) mass is 302 g/mol. The van der Waals surface area contributed by atoms with Crippen LogP contribution in [0.3, 0.4) is 0 Å². The van der Waals surface area contributed by atoms with Crippen molar-refractivity contribution < 1.29 is 29.6 Å². The Kier molecular flexibility index (Phi) is 3.29. The van der Waals surface area contributed by atoms with E-state index in [2.05, 4.69) is 0 Å². The third-order valence-corrected chi connectivity index (χ3v) is 3.56. The molecule has 3 N–H and O–H groups in total. The van der Waals surface area contributed by atoms with Crippen molar-refractivity contribution in [3.05, 3.63) is 41.5 Å². The van der Waals surface area contributed by atoms with Gasteiger partial charge in [-0.3, -0.25) is 4.79 Å². The van der Waals surface area contributed by atoms with E-state index in [9.17, 15) is 20.1 Å². The molecule has 0 aliphatic carbocycles. The first-order chi connectivity index (χ1) is 10.5. The lowest BCUT2D eigenvalue weighted by Gasteiger charge is -2.26. The van der Waals surface area contributed by atoms with Crippen LogP contribution >= 0.6 is 0 Å². The predicted octanol–water partition coefficient (Wildman–Crippen LogP) is 2.06. The maximum atomic E-state index is 12.3. The molecule has 1 heterocycles. The second kappa shape index (κ2) is 5.14. The second-order valence-corrected chi connectivity index (χ2v) is 5.01. The number of fused-ring (bicyclic) bond motifs is 1. The Hall–Kier alpha value is -2.89. The van der Waals surface area contributed by atoms with Gasteiger partial charge in [-0.2, -0.15) is 0 Å². The van der Waals surface area contributed by atoms with Crippen LogP contribution in [0.2, 0.25) is 0 Å². The van der Waals surface area contributed by atoms with Crippen LogP contribution < -0.4 is 9.47 Å². The summed E-state index contributed by atoms with van der Waals surface area (Å²) in [6.45, 7) is 0. The largest absolute Gasteiger partial charge is 0.508 e. The number of benzene rings is 2. The van der Waals surface area contributed by atoms with E-state index in [1.807, 2.05) is 0 Å². The Balaban J connectivity index is 2.01. The van der Waals surface area contributed by atoms with E-state index in [1.165, 1.54) is 31.4 Å². The number of carbonyl (C=O) groups is 1. The van der Waals surface area contributed by atoms with E-state index in [4.69, 9.17) is 9.47 Å². The van der Waals surface area contributed by atoms with Gasteiger partial charge in [0.2, 0.25) is 0 Å². The Labute approximate surface area is 126 Å². The lowest BCUT2D eigenvalue weighted by atomic mass is 9.95. The molecule has 6 nitrogen and oxygen atoms in total. The summed E-state index contributed by atoms with van der Waals surface area (Å²) in [5.74, 6) is -0.100. The van der Waals surface area contributed by atoms with Crippen LogP contribution in [0.1, 0.15) is 17.2 Å². The third-order valence-electron chi connectivity index (χ3n) is 3.56. The molecule has 0 amide bonds. The van der Waals surface area contributed by atoms with E-state index in [1.54, 1.807) is 6.07 Å². The van der Waals surface area contributed by atoms with Crippen molar-refractivity contribution in [2.75, 3.05) is 7.11 Å². The molecule has 3 rings (SSSR count). The van der Waals surface area contributed by atoms with Crippen LogP contribution in [0.4, 0.5) is 0 Å². The number of phenols is 3. The molecule has 2 aromatic rings. The zero-order valence-corrected chi connectivity index (χ0v) is 11.7. The van der Waals surface area contributed by atoms with Gasteiger partial charge in [0.05, 0.1) is 7.11 Å². The number of hydrogen-bond donors (Lipinski definition) is 3. The topological polar surface area (TPSA) is 96.2 Å². The number of rotatable bonds is 2. The summed E-state index contributed by atoms with van der Waals surface area (Å²) in [6, 6.07) is 7.02. The third kappa shape index (κ3) is 2.28. The molecule has 0 radical (unpaired) electrons. The molecule has 6 heteroatoms. The number of phenolic OH excluding ortho intramolecular Hbond substituents is 3. The van der Waals surface area contributed by atoms with Crippen molar-refractivity contribution in [3.63, 3.8) is 0 Å². The maximum Gasteiger partial charge on any atom is 0.182 e. The zero-order chi connectivity index (χ0) is 15.9. The summed E-state index contributed by atoms with van der Waals surface area (Å²) in [5.41, 5.74) is 0.873. The standard InChI is InChI=1S/C16H14O6/c1-21-15-4-8(2-3-11(15)18)16-13(20)7-10-12(19)5-9(17)6-14(10)22-16/h2-6,16-19H,7H2,1H3. The summed E-state index contributed by atoms with van der Waals surface area (Å²) in [6.07, 6.45) is -0.891. The molecule has 0 aromatic heterocycles. The average molecular weight is 302 g/mol. The molecular formula is C16H14O6. The second-order valence-electron chi connectivity index (χ2n) is 5.01. The molecule has 0 saturated carbocycles. The van der Waals surface area contributed by atoms with E-state index in [0.29, 0.717) is 11.1 Å². The molecule has 0 bridgehead atoms. The highest BCUT2D eigenvalue weighted by Crippen LogP contribution is 2.41. The number of Topliss-reactive ketones (excluding diaryl/α,β-unsaturated/α-hetero) is 1. The van der Waals surface area contributed by atoms with Crippen molar-refractivity contribution in [1.29, 1.82) is 0 Å². The zero-order valence-electron chi connectivity index (χ0n) is 11.7.